The van der Waals surface area contributed by atoms with Crippen LogP contribution in [0, 0.1) is 24.2 Å². The Kier molecular flexibility index (Phi) is 9.90. The second-order valence-corrected chi connectivity index (χ2v) is 10.5. The minimum Gasteiger partial charge on any atom is -0.491 e. The van der Waals surface area contributed by atoms with Crippen LogP contribution in [-0.2, 0) is 19.1 Å². The molecule has 1 heterocycles. The van der Waals surface area contributed by atoms with Crippen molar-refractivity contribution in [3.63, 3.8) is 0 Å². The molecule has 8 nitrogen and oxygen atoms in total. The molecular formula is C25H22BrCl2N3O5S. The first-order valence-electron chi connectivity index (χ1n) is 10.9. The third kappa shape index (κ3) is 6.60. The molecule has 0 saturated carbocycles. The van der Waals surface area contributed by atoms with E-state index in [1.807, 2.05) is 19.1 Å². The van der Waals surface area contributed by atoms with Gasteiger partial charge in [-0.2, -0.15) is 5.26 Å². The van der Waals surface area contributed by atoms with Crippen molar-refractivity contribution >= 4 is 74.4 Å². The number of methoxy groups -OCH3 is 1. The van der Waals surface area contributed by atoms with E-state index in [2.05, 4.69) is 32.6 Å². The Balaban J connectivity index is 1.97. The standard InChI is InChI=1S/C25H22BrCl2N3O5S/c1-4-36-22-16(27)8-13(9-17(22)28)20-14(10-29)24(31-23(33)21(20)25(34)35-3)37-11-19(32)30-18-6-5-12(2)7-15(18)26/h5-9,20-21H,4,11H2,1-3H3,(H,30,32)(H,31,33)/t20-,21-/m1/s1. The normalized spacial score (nSPS) is 17.1. The first kappa shape index (κ1) is 28.9. The molecule has 2 aromatic carbocycles. The van der Waals surface area contributed by atoms with Gasteiger partial charge in [0.15, 0.2) is 5.75 Å². The molecule has 3 rings (SSSR count). The van der Waals surface area contributed by atoms with Gasteiger partial charge in [0, 0.05) is 10.4 Å². The van der Waals surface area contributed by atoms with Crippen molar-refractivity contribution < 1.29 is 23.9 Å². The van der Waals surface area contributed by atoms with Crippen molar-refractivity contribution in [2.45, 2.75) is 19.8 Å². The van der Waals surface area contributed by atoms with Crippen LogP contribution in [0.3, 0.4) is 0 Å². The van der Waals surface area contributed by atoms with Gasteiger partial charge < -0.3 is 20.1 Å². The van der Waals surface area contributed by atoms with Crippen LogP contribution in [0.25, 0.3) is 0 Å². The number of hydrogen-bond acceptors (Lipinski definition) is 7. The molecular weight excluding hydrogens is 605 g/mol. The number of allylic oxidation sites excluding steroid dienone is 1. The van der Waals surface area contributed by atoms with Gasteiger partial charge in [-0.15, -0.1) is 0 Å². The quantitative estimate of drug-likeness (QED) is 0.290. The van der Waals surface area contributed by atoms with E-state index < -0.39 is 23.7 Å². The van der Waals surface area contributed by atoms with E-state index in [-0.39, 0.29) is 38.1 Å². The van der Waals surface area contributed by atoms with Crippen LogP contribution in [-0.4, -0.2) is 37.3 Å². The van der Waals surface area contributed by atoms with Crippen LogP contribution in [0.5, 0.6) is 5.75 Å². The average molecular weight is 627 g/mol. The monoisotopic (exact) mass is 625 g/mol. The van der Waals surface area contributed by atoms with E-state index in [0.29, 0.717) is 17.9 Å². The Hall–Kier alpha value is -2.71. The lowest BCUT2D eigenvalue weighted by Crippen LogP contribution is -2.44. The maximum Gasteiger partial charge on any atom is 0.319 e. The molecule has 2 N–H and O–H groups in total. The largest absolute Gasteiger partial charge is 0.491 e. The van der Waals surface area contributed by atoms with E-state index in [4.69, 9.17) is 32.7 Å². The summed E-state index contributed by atoms with van der Waals surface area (Å²) in [6, 6.07) is 10.6. The number of ether oxygens (including phenoxy) is 2. The van der Waals surface area contributed by atoms with E-state index in [1.165, 1.54) is 12.1 Å². The Morgan fingerprint density at radius 2 is 1.92 bits per heavy atom. The van der Waals surface area contributed by atoms with E-state index in [9.17, 15) is 19.6 Å². The zero-order chi connectivity index (χ0) is 27.3. The zero-order valence-corrected chi connectivity index (χ0v) is 23.9. The number of carbonyl (C=O) groups is 3. The van der Waals surface area contributed by atoms with Crippen molar-refractivity contribution in [2.24, 2.45) is 5.92 Å². The van der Waals surface area contributed by atoms with Crippen molar-refractivity contribution in [1.29, 1.82) is 5.26 Å². The van der Waals surface area contributed by atoms with Crippen LogP contribution >= 0.6 is 50.9 Å². The summed E-state index contributed by atoms with van der Waals surface area (Å²) in [6.45, 7) is 4.02. The highest BCUT2D eigenvalue weighted by atomic mass is 79.9. The van der Waals surface area contributed by atoms with Crippen LogP contribution in [0.4, 0.5) is 5.69 Å². The number of halogens is 3. The molecule has 1 aliphatic heterocycles. The Morgan fingerprint density at radius 3 is 2.49 bits per heavy atom. The third-order valence-electron chi connectivity index (χ3n) is 5.40. The van der Waals surface area contributed by atoms with E-state index >= 15 is 0 Å². The van der Waals surface area contributed by atoms with Gasteiger partial charge in [0.25, 0.3) is 0 Å². The van der Waals surface area contributed by atoms with Gasteiger partial charge in [0.05, 0.1) is 51.9 Å². The number of carbonyl (C=O) groups excluding carboxylic acids is 3. The fourth-order valence-electron chi connectivity index (χ4n) is 3.77. The first-order valence-corrected chi connectivity index (χ1v) is 13.5. The molecule has 0 aliphatic carbocycles. The van der Waals surface area contributed by atoms with Crippen LogP contribution < -0.4 is 15.4 Å². The highest BCUT2D eigenvalue weighted by molar-refractivity contribution is 9.10. The SMILES string of the molecule is CCOc1c(Cl)cc([C@@H]2C(C#N)=C(SCC(=O)Nc3ccc(C)cc3Br)NC(=O)[C@@H]2C(=O)OC)cc1Cl. The highest BCUT2D eigenvalue weighted by Crippen LogP contribution is 2.44. The first-order chi connectivity index (χ1) is 17.6. The number of benzene rings is 2. The summed E-state index contributed by atoms with van der Waals surface area (Å²) in [5.74, 6) is -4.14. The van der Waals surface area contributed by atoms with Gasteiger partial charge in [-0.1, -0.05) is 41.0 Å². The second-order valence-electron chi connectivity index (χ2n) is 7.89. The van der Waals surface area contributed by atoms with Gasteiger partial charge in [0.1, 0.15) is 5.92 Å². The molecule has 1 aliphatic rings. The number of amides is 2. The number of hydrogen-bond donors (Lipinski definition) is 2. The van der Waals surface area contributed by atoms with Gasteiger partial charge >= 0.3 is 5.97 Å². The molecule has 194 valence electrons. The molecule has 0 bridgehead atoms. The Bertz CT molecular complexity index is 1300. The van der Waals surface area contributed by atoms with E-state index in [1.54, 1.807) is 13.0 Å². The minimum atomic E-state index is -1.37. The van der Waals surface area contributed by atoms with Gasteiger partial charge in [0.2, 0.25) is 11.8 Å². The molecule has 0 spiro atoms. The van der Waals surface area contributed by atoms with Crippen LogP contribution in [0.15, 0.2) is 45.4 Å². The van der Waals surface area contributed by atoms with Crippen molar-refractivity contribution in [3.8, 4) is 11.8 Å². The number of nitrogens with one attached hydrogen (secondary N) is 2. The summed E-state index contributed by atoms with van der Waals surface area (Å²) in [5.41, 5.74) is 2.03. The van der Waals surface area contributed by atoms with Crippen molar-refractivity contribution in [2.75, 3.05) is 24.8 Å². The fourth-order valence-corrected chi connectivity index (χ4v) is 5.82. The minimum absolute atomic E-state index is 0.0700. The molecule has 0 saturated heterocycles. The molecule has 2 atom stereocenters. The summed E-state index contributed by atoms with van der Waals surface area (Å²) >= 11 is 17.1. The number of esters is 1. The number of nitrogens with zero attached hydrogens (tertiary/aromatic N) is 1. The van der Waals surface area contributed by atoms with Crippen molar-refractivity contribution in [1.82, 2.24) is 5.32 Å². The number of nitriles is 1. The molecule has 0 aromatic heterocycles. The smallest absolute Gasteiger partial charge is 0.319 e. The zero-order valence-electron chi connectivity index (χ0n) is 20.0. The summed E-state index contributed by atoms with van der Waals surface area (Å²) in [6.07, 6.45) is 0. The van der Waals surface area contributed by atoms with E-state index in [0.717, 1.165) is 28.9 Å². The lowest BCUT2D eigenvalue weighted by molar-refractivity contribution is -0.150. The predicted molar refractivity (Wildman–Crippen MR) is 147 cm³/mol. The van der Waals surface area contributed by atoms with Crippen LogP contribution in [0.1, 0.15) is 24.0 Å². The predicted octanol–water partition coefficient (Wildman–Crippen LogP) is 5.57. The highest BCUT2D eigenvalue weighted by Gasteiger charge is 2.44. The molecule has 2 aromatic rings. The van der Waals surface area contributed by atoms with Gasteiger partial charge in [-0.25, -0.2) is 0 Å². The number of rotatable bonds is 8. The molecule has 0 fully saturated rings. The summed E-state index contributed by atoms with van der Waals surface area (Å²) in [5, 5.41) is 15.9. The summed E-state index contributed by atoms with van der Waals surface area (Å²) in [4.78, 5) is 38.3. The average Bonchev–Trinajstić information content (AvgIpc) is 2.85. The molecule has 0 unspecified atom stereocenters. The molecule has 37 heavy (non-hydrogen) atoms. The van der Waals surface area contributed by atoms with Crippen molar-refractivity contribution in [3.05, 3.63) is 66.6 Å². The Morgan fingerprint density at radius 1 is 1.24 bits per heavy atom. The number of anilines is 1. The third-order valence-corrected chi connectivity index (χ3v) is 7.63. The fraction of sp³-hybridized carbons (Fsp3) is 0.280. The maximum atomic E-state index is 13.0. The molecule has 0 radical (unpaired) electrons. The lowest BCUT2D eigenvalue weighted by atomic mass is 9.78. The van der Waals surface area contributed by atoms with Crippen LogP contribution in [0.2, 0.25) is 10.0 Å². The second kappa shape index (κ2) is 12.7. The lowest BCUT2D eigenvalue weighted by Gasteiger charge is -2.31. The Labute approximate surface area is 236 Å². The number of aryl methyl sites for hydroxylation is 1. The summed E-state index contributed by atoms with van der Waals surface area (Å²) < 4.78 is 11.0. The van der Waals surface area contributed by atoms with Gasteiger partial charge in [-0.05, 0) is 65.2 Å². The topological polar surface area (TPSA) is 118 Å². The molecule has 2 amide bonds. The number of thioether (sulfide) groups is 1. The van der Waals surface area contributed by atoms with Gasteiger partial charge in [-0.3, -0.25) is 14.4 Å². The molecule has 12 heteroatoms. The summed E-state index contributed by atoms with van der Waals surface area (Å²) in [7, 11) is 1.15. The maximum absolute atomic E-state index is 13.0.